The minimum atomic E-state index is -1.21. The molecule has 1 aromatic rings. The highest BCUT2D eigenvalue weighted by molar-refractivity contribution is 5.81. The molecule has 26 heavy (non-hydrogen) atoms. The summed E-state index contributed by atoms with van der Waals surface area (Å²) in [6.45, 7) is 4.44. The fourth-order valence-electron chi connectivity index (χ4n) is 2.92. The van der Waals surface area contributed by atoms with Crippen LogP contribution in [-0.4, -0.2) is 49.7 Å². The van der Waals surface area contributed by atoms with Gasteiger partial charge < -0.3 is 10.0 Å². The first kappa shape index (κ1) is 19.0. The van der Waals surface area contributed by atoms with Crippen LogP contribution in [0.1, 0.15) is 26.2 Å². The highest BCUT2D eigenvalue weighted by atomic mass is 16.6. The number of aromatic hydroxyl groups is 1. The molecule has 12 nitrogen and oxygen atoms in total. The van der Waals surface area contributed by atoms with Crippen LogP contribution in [0.2, 0.25) is 0 Å². The molecule has 140 valence electrons. The molecule has 3 rings (SSSR count). The summed E-state index contributed by atoms with van der Waals surface area (Å²) in [6.07, 6.45) is 4.13. The zero-order valence-corrected chi connectivity index (χ0v) is 13.9. The van der Waals surface area contributed by atoms with Gasteiger partial charge in [0, 0.05) is 12.6 Å². The van der Waals surface area contributed by atoms with Crippen LogP contribution in [-0.2, 0) is 0 Å². The van der Waals surface area contributed by atoms with Gasteiger partial charge in [-0.05, 0) is 26.2 Å². The van der Waals surface area contributed by atoms with Gasteiger partial charge >= 0.3 is 11.4 Å². The van der Waals surface area contributed by atoms with Crippen LogP contribution in [0.25, 0.3) is 0 Å². The Morgan fingerprint density at radius 1 is 1.08 bits per heavy atom. The van der Waals surface area contributed by atoms with Gasteiger partial charge in [-0.1, -0.05) is 0 Å². The summed E-state index contributed by atoms with van der Waals surface area (Å²) in [5.74, 6) is 0.0605. The van der Waals surface area contributed by atoms with E-state index in [0.29, 0.717) is 12.1 Å². The molecule has 0 spiro atoms. The molecule has 2 aliphatic rings. The number of amidine groups is 1. The van der Waals surface area contributed by atoms with Crippen LogP contribution >= 0.6 is 0 Å². The largest absolute Gasteiger partial charge is 0.497 e. The topological polar surface area (TPSA) is 165 Å². The van der Waals surface area contributed by atoms with Crippen LogP contribution in [0.3, 0.4) is 0 Å². The van der Waals surface area contributed by atoms with Crippen LogP contribution < -0.4 is 0 Å². The van der Waals surface area contributed by atoms with Gasteiger partial charge in [0.1, 0.15) is 0 Å². The van der Waals surface area contributed by atoms with E-state index >= 15 is 0 Å². The number of hydrogen-bond acceptors (Lipinski definition) is 9. The summed E-state index contributed by atoms with van der Waals surface area (Å²) < 4.78 is 0. The Kier molecular flexibility index (Phi) is 5.64. The lowest BCUT2D eigenvalue weighted by atomic mass is 10.0. The number of fused-ring (bicyclic) bond motifs is 1. The molecule has 0 radical (unpaired) electrons. The van der Waals surface area contributed by atoms with Crippen molar-refractivity contribution in [1.29, 1.82) is 0 Å². The van der Waals surface area contributed by atoms with Crippen LogP contribution in [0.4, 0.5) is 17.1 Å². The molecule has 1 saturated heterocycles. The number of phenols is 1. The average molecular weight is 367 g/mol. The van der Waals surface area contributed by atoms with E-state index in [9.17, 15) is 30.3 Å². The smallest absolute Gasteiger partial charge is 0.324 e. The first-order valence-electron chi connectivity index (χ1n) is 7.80. The maximum absolute atomic E-state index is 10.4. The van der Waals surface area contributed by atoms with Crippen LogP contribution in [0.5, 0.6) is 5.75 Å². The number of hydrogen-bond donors (Lipinski definition) is 1. The van der Waals surface area contributed by atoms with Crippen LogP contribution in [0.15, 0.2) is 17.1 Å². The summed E-state index contributed by atoms with van der Waals surface area (Å²) in [5.41, 5.74) is -3.00. The van der Waals surface area contributed by atoms with Crippen molar-refractivity contribution >= 4 is 22.9 Å². The summed E-state index contributed by atoms with van der Waals surface area (Å²) in [6, 6.07) is 1.67. The van der Waals surface area contributed by atoms with Crippen molar-refractivity contribution in [3.05, 3.63) is 42.5 Å². The quantitative estimate of drug-likeness (QED) is 0.628. The zero-order valence-electron chi connectivity index (χ0n) is 13.9. The molecule has 2 heterocycles. The number of phenolic OH excluding ortho intramolecular Hbond substituents is 1. The SMILES string of the molecule is CC1=NCC2CCCCN12.O=[N+]([O-])c1cc([N+](=O)[O-])c(O)c([N+](=O)[O-])c1. The third-order valence-electron chi connectivity index (χ3n) is 4.23. The number of rotatable bonds is 3. The highest BCUT2D eigenvalue weighted by Crippen LogP contribution is 2.38. The predicted octanol–water partition coefficient (Wildman–Crippen LogP) is 2.39. The van der Waals surface area contributed by atoms with E-state index in [-0.39, 0.29) is 0 Å². The Balaban J connectivity index is 0.000000206. The molecule has 1 unspecified atom stereocenters. The Bertz CT molecular complexity index is 744. The summed E-state index contributed by atoms with van der Waals surface area (Å²) in [4.78, 5) is 34.7. The fourth-order valence-corrected chi connectivity index (χ4v) is 2.92. The molecule has 1 atom stereocenters. The van der Waals surface area contributed by atoms with Gasteiger partial charge in [0.25, 0.3) is 11.4 Å². The van der Waals surface area contributed by atoms with Crippen molar-refractivity contribution < 1.29 is 19.9 Å². The lowest BCUT2D eigenvalue weighted by Gasteiger charge is -2.31. The number of nitro benzene ring substituents is 3. The molecule has 1 fully saturated rings. The molecule has 12 heteroatoms. The molecular formula is C14H17N5O7. The summed E-state index contributed by atoms with van der Waals surface area (Å²) in [7, 11) is 0. The second-order valence-corrected chi connectivity index (χ2v) is 5.83. The first-order chi connectivity index (χ1) is 12.2. The van der Waals surface area contributed by atoms with Crippen molar-refractivity contribution in [1.82, 2.24) is 4.90 Å². The van der Waals surface area contributed by atoms with Gasteiger partial charge in [-0.2, -0.15) is 0 Å². The van der Waals surface area contributed by atoms with E-state index in [1.54, 1.807) is 0 Å². The monoisotopic (exact) mass is 367 g/mol. The van der Waals surface area contributed by atoms with E-state index in [0.717, 1.165) is 12.6 Å². The lowest BCUT2D eigenvalue weighted by Crippen LogP contribution is -2.39. The Morgan fingerprint density at radius 3 is 2.12 bits per heavy atom. The maximum Gasteiger partial charge on any atom is 0.324 e. The molecule has 1 aromatic carbocycles. The fraction of sp³-hybridized carbons (Fsp3) is 0.500. The molecule has 0 saturated carbocycles. The van der Waals surface area contributed by atoms with E-state index < -0.39 is 37.6 Å². The van der Waals surface area contributed by atoms with Crippen molar-refractivity contribution in [2.45, 2.75) is 32.2 Å². The Hall–Kier alpha value is -3.31. The molecule has 0 aromatic heterocycles. The Labute approximate surface area is 147 Å². The molecule has 0 amide bonds. The van der Waals surface area contributed by atoms with E-state index in [1.165, 1.54) is 31.6 Å². The van der Waals surface area contributed by atoms with Crippen LogP contribution in [0, 0.1) is 30.3 Å². The lowest BCUT2D eigenvalue weighted by molar-refractivity contribution is -0.404. The summed E-state index contributed by atoms with van der Waals surface area (Å²) >= 11 is 0. The standard InChI is InChI=1S/C8H14N2.C6H3N3O7/c1-7-9-6-8-4-2-3-5-10(7)8;10-6-4(8(13)14)1-3(7(11)12)2-5(6)9(15)16/h8H,2-6H2,1H3;1-2,10H. The second-order valence-electron chi connectivity index (χ2n) is 5.83. The van der Waals surface area contributed by atoms with E-state index in [1.807, 2.05) is 0 Å². The molecule has 2 aliphatic heterocycles. The molecule has 0 bridgehead atoms. The second kappa shape index (κ2) is 7.72. The van der Waals surface area contributed by atoms with Gasteiger partial charge in [-0.15, -0.1) is 0 Å². The van der Waals surface area contributed by atoms with Gasteiger partial charge in [0.15, 0.2) is 0 Å². The van der Waals surface area contributed by atoms with Crippen molar-refractivity contribution in [3.63, 3.8) is 0 Å². The van der Waals surface area contributed by atoms with Gasteiger partial charge in [-0.25, -0.2) is 0 Å². The first-order valence-corrected chi connectivity index (χ1v) is 7.80. The average Bonchev–Trinajstić information content (AvgIpc) is 2.96. The van der Waals surface area contributed by atoms with E-state index in [2.05, 4.69) is 16.8 Å². The maximum atomic E-state index is 10.4. The third kappa shape index (κ3) is 4.02. The predicted molar refractivity (Wildman–Crippen MR) is 90.4 cm³/mol. The zero-order chi connectivity index (χ0) is 19.4. The van der Waals surface area contributed by atoms with Crippen molar-refractivity contribution in [3.8, 4) is 5.75 Å². The number of nitro groups is 3. The minimum absolute atomic E-state index is 0.447. The number of non-ortho nitro benzene ring substituents is 1. The van der Waals surface area contributed by atoms with Gasteiger partial charge in [0.05, 0.1) is 39.3 Å². The number of nitrogens with zero attached hydrogens (tertiary/aromatic N) is 5. The number of piperidine rings is 1. The molecule has 0 aliphatic carbocycles. The third-order valence-corrected chi connectivity index (χ3v) is 4.23. The van der Waals surface area contributed by atoms with Gasteiger partial charge in [0.2, 0.25) is 0 Å². The van der Waals surface area contributed by atoms with Crippen molar-refractivity contribution in [2.24, 2.45) is 4.99 Å². The molecule has 1 N–H and O–H groups in total. The highest BCUT2D eigenvalue weighted by Gasteiger charge is 2.30. The van der Waals surface area contributed by atoms with Gasteiger partial charge in [-0.3, -0.25) is 35.3 Å². The Morgan fingerprint density at radius 2 is 1.65 bits per heavy atom. The van der Waals surface area contributed by atoms with Crippen molar-refractivity contribution in [2.75, 3.05) is 13.1 Å². The molecular weight excluding hydrogens is 350 g/mol. The minimum Gasteiger partial charge on any atom is -0.497 e. The number of aliphatic imine (C=N–C) groups is 1. The number of benzene rings is 1. The summed E-state index contributed by atoms with van der Waals surface area (Å²) in [5, 5.41) is 40.2. The normalized spacial score (nSPS) is 18.3. The van der Waals surface area contributed by atoms with E-state index in [4.69, 9.17) is 5.11 Å².